The van der Waals surface area contributed by atoms with Gasteiger partial charge in [-0.1, -0.05) is 32.4 Å². The molecule has 1 aromatic carbocycles. The molecule has 88 valence electrons. The number of para-hydroxylation sites is 1. The number of nitrogen functional groups attached to an aromatic ring is 1. The molecule has 1 aliphatic rings. The molecule has 1 aliphatic carbocycles. The van der Waals surface area contributed by atoms with E-state index < -0.39 is 0 Å². The van der Waals surface area contributed by atoms with Crippen LogP contribution in [0, 0.1) is 12.3 Å². The van der Waals surface area contributed by atoms with Gasteiger partial charge in [0.15, 0.2) is 0 Å². The van der Waals surface area contributed by atoms with Crippen LogP contribution in [0.1, 0.15) is 38.7 Å². The van der Waals surface area contributed by atoms with Gasteiger partial charge >= 0.3 is 0 Å². The van der Waals surface area contributed by atoms with Crippen molar-refractivity contribution in [1.29, 1.82) is 0 Å². The Morgan fingerprint density at radius 3 is 2.75 bits per heavy atom. The first-order valence-electron chi connectivity index (χ1n) is 6.12. The molecule has 2 heteroatoms. The molecule has 0 amide bonds. The minimum absolute atomic E-state index is 0.385. The van der Waals surface area contributed by atoms with Crippen molar-refractivity contribution in [1.82, 2.24) is 0 Å². The first kappa shape index (κ1) is 11.3. The van der Waals surface area contributed by atoms with Gasteiger partial charge in [0.2, 0.25) is 0 Å². The maximum Gasteiger partial charge on any atom is 0.0579 e. The van der Waals surface area contributed by atoms with E-state index in [2.05, 4.69) is 44.3 Å². The smallest absolute Gasteiger partial charge is 0.0579 e. The summed E-state index contributed by atoms with van der Waals surface area (Å²) in [5.41, 5.74) is 9.62. The van der Waals surface area contributed by atoms with Crippen LogP contribution in [-0.4, -0.2) is 6.04 Å². The van der Waals surface area contributed by atoms with Gasteiger partial charge in [0.05, 0.1) is 11.4 Å². The van der Waals surface area contributed by atoms with Crippen LogP contribution >= 0.6 is 0 Å². The average molecular weight is 218 g/mol. The lowest BCUT2D eigenvalue weighted by atomic mass is 9.87. The third-order valence-corrected chi connectivity index (χ3v) is 3.91. The largest absolute Gasteiger partial charge is 0.397 e. The summed E-state index contributed by atoms with van der Waals surface area (Å²) in [7, 11) is 0. The normalized spacial score (nSPS) is 23.3. The van der Waals surface area contributed by atoms with Crippen molar-refractivity contribution in [3.05, 3.63) is 23.8 Å². The van der Waals surface area contributed by atoms with Gasteiger partial charge in [-0.15, -0.1) is 0 Å². The number of benzene rings is 1. The van der Waals surface area contributed by atoms with Crippen LogP contribution in [0.5, 0.6) is 0 Å². The number of hydrogen-bond donors (Lipinski definition) is 2. The van der Waals surface area contributed by atoms with Gasteiger partial charge in [0.1, 0.15) is 0 Å². The topological polar surface area (TPSA) is 38.0 Å². The van der Waals surface area contributed by atoms with Crippen LogP contribution in [0.15, 0.2) is 18.2 Å². The molecular formula is C14H22N2. The lowest BCUT2D eigenvalue weighted by Crippen LogP contribution is -2.31. The Kier molecular flexibility index (Phi) is 2.83. The third kappa shape index (κ3) is 2.01. The van der Waals surface area contributed by atoms with Crippen LogP contribution in [0.25, 0.3) is 0 Å². The zero-order chi connectivity index (χ0) is 11.8. The van der Waals surface area contributed by atoms with Crippen LogP contribution in [0.3, 0.4) is 0 Å². The Balaban J connectivity index is 2.18. The molecule has 1 saturated carbocycles. The Labute approximate surface area is 98.2 Å². The summed E-state index contributed by atoms with van der Waals surface area (Å²) in [5, 5.41) is 3.62. The molecule has 0 aromatic heterocycles. The third-order valence-electron chi connectivity index (χ3n) is 3.91. The maximum absolute atomic E-state index is 6.09. The van der Waals surface area contributed by atoms with Gasteiger partial charge in [0, 0.05) is 6.04 Å². The fourth-order valence-electron chi connectivity index (χ4n) is 2.59. The first-order chi connectivity index (χ1) is 7.50. The molecule has 0 aliphatic heterocycles. The highest BCUT2D eigenvalue weighted by Gasteiger charge is 2.34. The van der Waals surface area contributed by atoms with Crippen molar-refractivity contribution in [2.75, 3.05) is 11.1 Å². The van der Waals surface area contributed by atoms with Crippen molar-refractivity contribution < 1.29 is 0 Å². The Hall–Kier alpha value is -1.18. The molecule has 1 atom stereocenters. The highest BCUT2D eigenvalue weighted by molar-refractivity contribution is 5.70. The molecule has 16 heavy (non-hydrogen) atoms. The molecule has 2 nitrogen and oxygen atoms in total. The molecule has 0 heterocycles. The second kappa shape index (κ2) is 4.00. The highest BCUT2D eigenvalue weighted by atomic mass is 15.0. The van der Waals surface area contributed by atoms with Gasteiger partial charge in [-0.2, -0.15) is 0 Å². The predicted octanol–water partition coefficient (Wildman–Crippen LogP) is 3.57. The van der Waals surface area contributed by atoms with Crippen LogP contribution in [-0.2, 0) is 0 Å². The zero-order valence-electron chi connectivity index (χ0n) is 10.5. The number of nitrogens with one attached hydrogen (secondary N) is 1. The molecule has 1 fully saturated rings. The van der Waals surface area contributed by atoms with Gasteiger partial charge in [-0.25, -0.2) is 0 Å². The van der Waals surface area contributed by atoms with E-state index in [4.69, 9.17) is 5.73 Å². The molecule has 0 bridgehead atoms. The SMILES string of the molecule is Cc1cccc(NC2CCCC2(C)C)c1N. The lowest BCUT2D eigenvalue weighted by molar-refractivity contribution is 0.350. The molecular weight excluding hydrogens is 196 g/mol. The molecule has 3 N–H and O–H groups in total. The Bertz CT molecular complexity index is 382. The van der Waals surface area contributed by atoms with E-state index in [1.165, 1.54) is 19.3 Å². The number of nitrogens with two attached hydrogens (primary N) is 1. The van der Waals surface area contributed by atoms with Crippen molar-refractivity contribution in [2.45, 2.75) is 46.1 Å². The van der Waals surface area contributed by atoms with Crippen LogP contribution in [0.4, 0.5) is 11.4 Å². The number of aryl methyl sites for hydroxylation is 1. The van der Waals surface area contributed by atoms with Gasteiger partial charge in [-0.3, -0.25) is 0 Å². The second-order valence-corrected chi connectivity index (χ2v) is 5.61. The summed E-state index contributed by atoms with van der Waals surface area (Å²) in [6.07, 6.45) is 3.87. The van der Waals surface area contributed by atoms with E-state index in [1.54, 1.807) is 0 Å². The molecule has 2 rings (SSSR count). The zero-order valence-corrected chi connectivity index (χ0v) is 10.5. The molecule has 0 spiro atoms. The van der Waals surface area contributed by atoms with Gasteiger partial charge < -0.3 is 11.1 Å². The monoisotopic (exact) mass is 218 g/mol. The predicted molar refractivity (Wildman–Crippen MR) is 70.6 cm³/mol. The quantitative estimate of drug-likeness (QED) is 0.745. The number of anilines is 2. The highest BCUT2D eigenvalue weighted by Crippen LogP contribution is 2.39. The lowest BCUT2D eigenvalue weighted by Gasteiger charge is -2.29. The number of rotatable bonds is 2. The van der Waals surface area contributed by atoms with E-state index in [0.29, 0.717) is 11.5 Å². The van der Waals surface area contributed by atoms with Crippen LogP contribution < -0.4 is 11.1 Å². The summed E-state index contributed by atoms with van der Waals surface area (Å²) in [6, 6.07) is 6.75. The van der Waals surface area contributed by atoms with E-state index in [9.17, 15) is 0 Å². The summed E-state index contributed by atoms with van der Waals surface area (Å²) in [4.78, 5) is 0. The summed E-state index contributed by atoms with van der Waals surface area (Å²) in [5.74, 6) is 0. The minimum Gasteiger partial charge on any atom is -0.397 e. The summed E-state index contributed by atoms with van der Waals surface area (Å²) in [6.45, 7) is 6.73. The first-order valence-corrected chi connectivity index (χ1v) is 6.12. The summed E-state index contributed by atoms with van der Waals surface area (Å²) < 4.78 is 0. The van der Waals surface area contributed by atoms with E-state index in [0.717, 1.165) is 16.9 Å². The molecule has 0 saturated heterocycles. The second-order valence-electron chi connectivity index (χ2n) is 5.61. The Morgan fingerprint density at radius 1 is 1.38 bits per heavy atom. The van der Waals surface area contributed by atoms with E-state index in [-0.39, 0.29) is 0 Å². The maximum atomic E-state index is 6.09. The van der Waals surface area contributed by atoms with Crippen LogP contribution in [0.2, 0.25) is 0 Å². The molecule has 0 radical (unpaired) electrons. The van der Waals surface area contributed by atoms with Crippen molar-refractivity contribution in [2.24, 2.45) is 5.41 Å². The number of hydrogen-bond acceptors (Lipinski definition) is 2. The standard InChI is InChI=1S/C14H22N2/c1-10-6-4-7-11(13(10)15)16-12-8-5-9-14(12,2)3/h4,6-7,12,16H,5,8-9,15H2,1-3H3. The van der Waals surface area contributed by atoms with Gasteiger partial charge in [0.25, 0.3) is 0 Å². The Morgan fingerprint density at radius 2 is 2.12 bits per heavy atom. The fraction of sp³-hybridized carbons (Fsp3) is 0.571. The molecule has 1 aromatic rings. The van der Waals surface area contributed by atoms with Gasteiger partial charge in [-0.05, 0) is 36.8 Å². The molecule has 1 unspecified atom stereocenters. The van der Waals surface area contributed by atoms with Crippen molar-refractivity contribution >= 4 is 11.4 Å². The van der Waals surface area contributed by atoms with Crippen molar-refractivity contribution in [3.8, 4) is 0 Å². The van der Waals surface area contributed by atoms with Crippen molar-refractivity contribution in [3.63, 3.8) is 0 Å². The fourth-order valence-corrected chi connectivity index (χ4v) is 2.59. The van der Waals surface area contributed by atoms with E-state index >= 15 is 0 Å². The minimum atomic E-state index is 0.385. The average Bonchev–Trinajstić information content (AvgIpc) is 2.54. The summed E-state index contributed by atoms with van der Waals surface area (Å²) >= 11 is 0. The van der Waals surface area contributed by atoms with E-state index in [1.807, 2.05) is 0 Å².